The first-order chi connectivity index (χ1) is 17.4. The normalized spacial score (nSPS) is 17.6. The molecule has 0 unspecified atom stereocenters. The predicted octanol–water partition coefficient (Wildman–Crippen LogP) is 2.44. The van der Waals surface area contributed by atoms with Gasteiger partial charge >= 0.3 is 0 Å². The number of rotatable bonds is 8. The minimum Gasteiger partial charge on any atom is -0.492 e. The van der Waals surface area contributed by atoms with Crippen LogP contribution in [0, 0.1) is 0 Å². The van der Waals surface area contributed by atoms with Gasteiger partial charge in [0.1, 0.15) is 23.8 Å². The molecule has 9 nitrogen and oxygen atoms in total. The van der Waals surface area contributed by atoms with E-state index in [1.165, 1.54) is 0 Å². The topological polar surface area (TPSA) is 90.6 Å². The van der Waals surface area contributed by atoms with Crippen molar-refractivity contribution in [2.24, 2.45) is 0 Å². The fourth-order valence-electron chi connectivity index (χ4n) is 5.17. The average Bonchev–Trinajstić information content (AvgIpc) is 3.53. The van der Waals surface area contributed by atoms with Gasteiger partial charge in [-0.05, 0) is 49.6 Å². The maximum absolute atomic E-state index is 13.1. The van der Waals surface area contributed by atoms with Crippen LogP contribution in [0.4, 0.5) is 5.82 Å². The minimum absolute atomic E-state index is 0.158. The van der Waals surface area contributed by atoms with Gasteiger partial charge < -0.3 is 24.5 Å². The summed E-state index contributed by atoms with van der Waals surface area (Å²) in [6.45, 7) is 3.37. The number of aromatic nitrogens is 2. The van der Waals surface area contributed by atoms with E-state index < -0.39 is 5.60 Å². The lowest BCUT2D eigenvalue weighted by Gasteiger charge is -2.41. The average molecular weight is 492 g/mol. The quantitative estimate of drug-likeness (QED) is 0.521. The molecule has 3 aromatic rings. The van der Waals surface area contributed by atoms with Crippen LogP contribution < -0.4 is 9.64 Å². The highest BCUT2D eigenvalue weighted by atomic mass is 16.5. The molecular formula is C27H33N5O4. The molecule has 190 valence electrons. The molecule has 2 aliphatic heterocycles. The Morgan fingerprint density at radius 1 is 1.17 bits per heavy atom. The Hall–Kier alpha value is -3.59. The van der Waals surface area contributed by atoms with Crippen LogP contribution >= 0.6 is 0 Å². The van der Waals surface area contributed by atoms with Crippen LogP contribution in [-0.2, 0) is 4.79 Å². The van der Waals surface area contributed by atoms with E-state index in [2.05, 4.69) is 20.4 Å². The molecular weight excluding hydrogens is 458 g/mol. The monoisotopic (exact) mass is 491 g/mol. The Bertz CT molecular complexity index is 1230. The Kier molecular flexibility index (Phi) is 6.82. The number of carbonyl (C=O) groups excluding carboxylic acids is 2. The molecule has 4 heterocycles. The standard InChI is InChI=1S/C27H33N5O4/c1-29(26(34)21-5-2-6-22(19-21)36-18-17-31-13-4-9-25(31)33)20-27(35)10-14-30(15-11-27)24-8-3-7-23-28-12-16-32(23)24/h2-3,5-8,12,16,19,35H,4,9-11,13-15,17-18,20H2,1H3. The van der Waals surface area contributed by atoms with Crippen LogP contribution in [0.1, 0.15) is 36.0 Å². The second-order valence-electron chi connectivity index (χ2n) is 9.77. The molecule has 0 atom stereocenters. The highest BCUT2D eigenvalue weighted by molar-refractivity contribution is 5.94. The number of piperidine rings is 1. The molecule has 5 rings (SSSR count). The second-order valence-corrected chi connectivity index (χ2v) is 9.77. The zero-order valence-electron chi connectivity index (χ0n) is 20.7. The van der Waals surface area contributed by atoms with Gasteiger partial charge in [0, 0.05) is 57.6 Å². The molecule has 0 spiro atoms. The highest BCUT2D eigenvalue weighted by Gasteiger charge is 2.35. The number of likely N-dealkylation sites (N-methyl/N-ethyl adjacent to an activating group) is 1. The Balaban J connectivity index is 1.15. The van der Waals surface area contributed by atoms with Crippen molar-refractivity contribution < 1.29 is 19.4 Å². The minimum atomic E-state index is -0.944. The van der Waals surface area contributed by atoms with Crippen molar-refractivity contribution in [2.45, 2.75) is 31.3 Å². The fraction of sp³-hybridized carbons (Fsp3) is 0.444. The summed E-state index contributed by atoms with van der Waals surface area (Å²) in [6.07, 6.45) is 6.37. The van der Waals surface area contributed by atoms with Crippen molar-refractivity contribution in [1.29, 1.82) is 0 Å². The number of ether oxygens (including phenoxy) is 1. The number of imidazole rings is 1. The lowest BCUT2D eigenvalue weighted by molar-refractivity contribution is -0.128. The number of benzene rings is 1. The molecule has 0 radical (unpaired) electrons. The molecule has 0 saturated carbocycles. The van der Waals surface area contributed by atoms with Gasteiger partial charge in [-0.2, -0.15) is 0 Å². The molecule has 2 saturated heterocycles. The number of carbonyl (C=O) groups is 2. The number of nitrogens with zero attached hydrogens (tertiary/aromatic N) is 5. The third-order valence-electron chi connectivity index (χ3n) is 7.19. The highest BCUT2D eigenvalue weighted by Crippen LogP contribution is 2.28. The molecule has 1 aromatic carbocycles. The summed E-state index contributed by atoms with van der Waals surface area (Å²) in [5.41, 5.74) is 0.467. The van der Waals surface area contributed by atoms with Gasteiger partial charge in [-0.1, -0.05) is 12.1 Å². The van der Waals surface area contributed by atoms with Crippen LogP contribution in [-0.4, -0.2) is 88.1 Å². The van der Waals surface area contributed by atoms with Crippen molar-refractivity contribution in [3.05, 3.63) is 60.4 Å². The maximum Gasteiger partial charge on any atom is 0.253 e. The first-order valence-electron chi connectivity index (χ1n) is 12.6. The van der Waals surface area contributed by atoms with Crippen LogP contribution in [0.2, 0.25) is 0 Å². The lowest BCUT2D eigenvalue weighted by atomic mass is 9.90. The first-order valence-corrected chi connectivity index (χ1v) is 12.6. The third-order valence-corrected chi connectivity index (χ3v) is 7.19. The molecule has 2 aliphatic rings. The number of hydrogen-bond donors (Lipinski definition) is 1. The van der Waals surface area contributed by atoms with Crippen LogP contribution in [0.5, 0.6) is 5.75 Å². The SMILES string of the molecule is CN(CC1(O)CCN(c2cccc3nccn23)CC1)C(=O)c1cccc(OCCN2CCCC2=O)c1. The molecule has 2 amide bonds. The van der Waals surface area contributed by atoms with Gasteiger partial charge in [0.25, 0.3) is 5.91 Å². The van der Waals surface area contributed by atoms with Gasteiger partial charge in [-0.3, -0.25) is 14.0 Å². The summed E-state index contributed by atoms with van der Waals surface area (Å²) in [5, 5.41) is 11.3. The fourth-order valence-corrected chi connectivity index (χ4v) is 5.17. The predicted molar refractivity (Wildman–Crippen MR) is 136 cm³/mol. The number of likely N-dealkylation sites (tertiary alicyclic amines) is 1. The molecule has 9 heteroatoms. The zero-order chi connectivity index (χ0) is 25.1. The van der Waals surface area contributed by atoms with E-state index in [9.17, 15) is 14.7 Å². The summed E-state index contributed by atoms with van der Waals surface area (Å²) in [4.78, 5) is 34.9. The summed E-state index contributed by atoms with van der Waals surface area (Å²) >= 11 is 0. The van der Waals surface area contributed by atoms with Crippen LogP contribution in [0.15, 0.2) is 54.9 Å². The lowest BCUT2D eigenvalue weighted by Crippen LogP contribution is -2.51. The van der Waals surface area contributed by atoms with Crippen LogP contribution in [0.25, 0.3) is 5.65 Å². The van der Waals surface area contributed by atoms with Gasteiger partial charge in [-0.25, -0.2) is 4.98 Å². The van der Waals surface area contributed by atoms with E-state index >= 15 is 0 Å². The Morgan fingerprint density at radius 3 is 2.75 bits per heavy atom. The van der Waals surface area contributed by atoms with E-state index in [-0.39, 0.29) is 18.4 Å². The smallest absolute Gasteiger partial charge is 0.253 e. The first kappa shape index (κ1) is 24.1. The summed E-state index contributed by atoms with van der Waals surface area (Å²) in [5.74, 6) is 1.67. The van der Waals surface area contributed by atoms with E-state index in [1.54, 1.807) is 36.3 Å². The summed E-state index contributed by atoms with van der Waals surface area (Å²) in [6, 6.07) is 13.1. The van der Waals surface area contributed by atoms with Crippen molar-refractivity contribution in [1.82, 2.24) is 19.2 Å². The van der Waals surface area contributed by atoms with E-state index in [4.69, 9.17) is 4.74 Å². The van der Waals surface area contributed by atoms with Gasteiger partial charge in [0.15, 0.2) is 0 Å². The third kappa shape index (κ3) is 5.16. The molecule has 2 fully saturated rings. The Labute approximate surface area is 210 Å². The Morgan fingerprint density at radius 2 is 1.97 bits per heavy atom. The van der Waals surface area contributed by atoms with Gasteiger partial charge in [-0.15, -0.1) is 0 Å². The van der Waals surface area contributed by atoms with Crippen molar-refractivity contribution in [3.8, 4) is 5.75 Å². The number of amides is 2. The zero-order valence-corrected chi connectivity index (χ0v) is 20.7. The van der Waals surface area contributed by atoms with Gasteiger partial charge in [0.05, 0.1) is 12.1 Å². The number of anilines is 1. The number of aliphatic hydroxyl groups is 1. The molecule has 0 aliphatic carbocycles. The van der Waals surface area contributed by atoms with Crippen molar-refractivity contribution in [2.75, 3.05) is 51.3 Å². The number of fused-ring (bicyclic) bond motifs is 1. The molecule has 36 heavy (non-hydrogen) atoms. The van der Waals surface area contributed by atoms with Crippen LogP contribution in [0.3, 0.4) is 0 Å². The number of hydrogen-bond acceptors (Lipinski definition) is 6. The van der Waals surface area contributed by atoms with Crippen molar-refractivity contribution in [3.63, 3.8) is 0 Å². The van der Waals surface area contributed by atoms with E-state index in [0.717, 1.165) is 24.4 Å². The molecule has 2 aromatic heterocycles. The largest absolute Gasteiger partial charge is 0.492 e. The maximum atomic E-state index is 13.1. The summed E-state index contributed by atoms with van der Waals surface area (Å²) < 4.78 is 7.86. The molecule has 0 bridgehead atoms. The van der Waals surface area contributed by atoms with E-state index in [0.29, 0.717) is 56.8 Å². The van der Waals surface area contributed by atoms with Crippen molar-refractivity contribution >= 4 is 23.3 Å². The molecule has 1 N–H and O–H groups in total. The number of pyridine rings is 1. The summed E-state index contributed by atoms with van der Waals surface area (Å²) in [7, 11) is 1.73. The van der Waals surface area contributed by atoms with E-state index in [1.807, 2.05) is 29.3 Å². The second kappa shape index (κ2) is 10.2. The van der Waals surface area contributed by atoms with Gasteiger partial charge in [0.2, 0.25) is 5.91 Å².